The first-order valence-electron chi connectivity index (χ1n) is 10.7. The molecule has 10 nitrogen and oxygen atoms in total. The highest BCUT2D eigenvalue weighted by molar-refractivity contribution is 6.00. The smallest absolute Gasteiger partial charge is 0.204 e. The maximum Gasteiger partial charge on any atom is 0.204 e. The summed E-state index contributed by atoms with van der Waals surface area (Å²) in [6, 6.07) is 23.7. The Morgan fingerprint density at radius 2 is 1.76 bits per heavy atom. The molecule has 0 radical (unpaired) electrons. The van der Waals surface area contributed by atoms with Crippen LogP contribution in [0.1, 0.15) is 11.4 Å². The zero-order valence-electron chi connectivity index (χ0n) is 18.2. The van der Waals surface area contributed by atoms with Crippen LogP contribution in [0.15, 0.2) is 72.8 Å². The lowest BCUT2D eigenvalue weighted by Gasteiger charge is -2.11. The quantitative estimate of drug-likeness (QED) is 0.394. The van der Waals surface area contributed by atoms with Crippen molar-refractivity contribution in [2.24, 2.45) is 0 Å². The van der Waals surface area contributed by atoms with Crippen molar-refractivity contribution in [2.75, 3.05) is 12.4 Å². The number of aromatic nitrogens is 8. The summed E-state index contributed by atoms with van der Waals surface area (Å²) in [6.07, 6.45) is 0.587. The van der Waals surface area contributed by atoms with E-state index in [1.807, 2.05) is 72.8 Å². The second-order valence-corrected chi connectivity index (χ2v) is 7.71. The highest BCUT2D eigenvalue weighted by Gasteiger charge is 2.15. The summed E-state index contributed by atoms with van der Waals surface area (Å²) in [6.45, 7) is 0. The number of nitrogens with zero attached hydrogens (tertiary/aromatic N) is 7. The lowest BCUT2D eigenvalue weighted by atomic mass is 10.1. The van der Waals surface area contributed by atoms with Crippen molar-refractivity contribution in [1.29, 1.82) is 0 Å². The molecular weight excluding hydrogens is 430 g/mol. The van der Waals surface area contributed by atoms with Gasteiger partial charge in [0.15, 0.2) is 17.3 Å². The van der Waals surface area contributed by atoms with Gasteiger partial charge in [-0.2, -0.15) is 9.73 Å². The third kappa shape index (κ3) is 3.56. The fourth-order valence-corrected chi connectivity index (χ4v) is 3.91. The van der Waals surface area contributed by atoms with Crippen molar-refractivity contribution in [1.82, 2.24) is 40.4 Å². The molecule has 0 atom stereocenters. The molecule has 3 heterocycles. The molecule has 0 unspecified atom stereocenters. The molecule has 0 aliphatic rings. The van der Waals surface area contributed by atoms with Crippen molar-refractivity contribution >= 4 is 27.9 Å². The van der Waals surface area contributed by atoms with Gasteiger partial charge in [-0.25, -0.2) is 0 Å². The van der Waals surface area contributed by atoms with Gasteiger partial charge < -0.3 is 10.1 Å². The van der Waals surface area contributed by atoms with E-state index in [1.165, 1.54) is 0 Å². The van der Waals surface area contributed by atoms with Gasteiger partial charge in [0.1, 0.15) is 5.75 Å². The molecule has 6 rings (SSSR count). The van der Waals surface area contributed by atoms with Crippen LogP contribution < -0.4 is 10.1 Å². The number of hydrogen-bond acceptors (Lipinski definition) is 8. The first kappa shape index (κ1) is 19.8. The first-order chi connectivity index (χ1) is 16.8. The zero-order valence-corrected chi connectivity index (χ0v) is 18.2. The fraction of sp³-hybridized carbons (Fsp3) is 0.0833. The average Bonchev–Trinajstić information content (AvgIpc) is 3.56. The number of nitrogens with one attached hydrogen (secondary N) is 2. The Balaban J connectivity index is 1.42. The summed E-state index contributed by atoms with van der Waals surface area (Å²) in [5.41, 5.74) is 3.50. The average molecular weight is 449 g/mol. The predicted octanol–water partition coefficient (Wildman–Crippen LogP) is 3.80. The van der Waals surface area contributed by atoms with Gasteiger partial charge >= 0.3 is 0 Å². The molecule has 34 heavy (non-hydrogen) atoms. The van der Waals surface area contributed by atoms with Gasteiger partial charge in [0, 0.05) is 28.4 Å². The molecule has 0 saturated heterocycles. The lowest BCUT2D eigenvalue weighted by molar-refractivity contribution is 0.414. The molecule has 2 N–H and O–H groups in total. The van der Waals surface area contributed by atoms with Crippen molar-refractivity contribution in [2.45, 2.75) is 6.42 Å². The Kier molecular flexibility index (Phi) is 4.80. The van der Waals surface area contributed by atoms with E-state index in [0.717, 1.165) is 39.2 Å². The van der Waals surface area contributed by atoms with Gasteiger partial charge in [-0.1, -0.05) is 48.5 Å². The Hall–Kier alpha value is -4.86. The number of H-pyrrole nitrogens is 1. The molecule has 166 valence electrons. The van der Waals surface area contributed by atoms with E-state index >= 15 is 0 Å². The highest BCUT2D eigenvalue weighted by atomic mass is 16.5. The Labute approximate surface area is 193 Å². The highest BCUT2D eigenvalue weighted by Crippen LogP contribution is 2.29. The number of hydrogen-bond donors (Lipinski definition) is 2. The van der Waals surface area contributed by atoms with Crippen LogP contribution in [-0.2, 0) is 6.42 Å². The second kappa shape index (κ2) is 8.24. The molecule has 0 fully saturated rings. The van der Waals surface area contributed by atoms with Crippen LogP contribution in [0, 0.1) is 0 Å². The number of ether oxygens (including phenoxy) is 1. The van der Waals surface area contributed by atoms with E-state index in [0.29, 0.717) is 23.7 Å². The molecule has 0 amide bonds. The van der Waals surface area contributed by atoms with Crippen LogP contribution in [0.2, 0.25) is 0 Å². The summed E-state index contributed by atoms with van der Waals surface area (Å²) >= 11 is 0. The molecule has 0 aliphatic heterocycles. The summed E-state index contributed by atoms with van der Waals surface area (Å²) < 4.78 is 7.06. The van der Waals surface area contributed by atoms with Gasteiger partial charge in [-0.3, -0.25) is 0 Å². The Bertz CT molecular complexity index is 1590. The number of anilines is 2. The minimum Gasteiger partial charge on any atom is -0.497 e. The molecule has 6 aromatic rings. The first-order valence-corrected chi connectivity index (χ1v) is 10.7. The number of fused-ring (bicyclic) bond motifs is 3. The van der Waals surface area contributed by atoms with Gasteiger partial charge in [0.05, 0.1) is 7.11 Å². The molecule has 0 spiro atoms. The molecule has 3 aromatic heterocycles. The zero-order chi connectivity index (χ0) is 22.9. The van der Waals surface area contributed by atoms with Gasteiger partial charge in [0.25, 0.3) is 0 Å². The van der Waals surface area contributed by atoms with Crippen LogP contribution in [0.5, 0.6) is 5.75 Å². The van der Waals surface area contributed by atoms with E-state index in [1.54, 1.807) is 11.6 Å². The SMILES string of the molecule is COc1ccc(Cc2nnc3c4ccccc4c(Nc4cccc(-c5nn[nH]n5)c4)nn23)cc1. The molecular formula is C24H19N9O. The molecule has 0 saturated carbocycles. The topological polar surface area (TPSA) is 119 Å². The second-order valence-electron chi connectivity index (χ2n) is 7.71. The normalized spacial score (nSPS) is 11.2. The minimum absolute atomic E-state index is 0.525. The summed E-state index contributed by atoms with van der Waals surface area (Å²) in [5, 5.41) is 33.4. The molecule has 0 aliphatic carbocycles. The van der Waals surface area contributed by atoms with Crippen LogP contribution in [0.25, 0.3) is 27.8 Å². The van der Waals surface area contributed by atoms with Crippen LogP contribution >= 0.6 is 0 Å². The molecule has 0 bridgehead atoms. The van der Waals surface area contributed by atoms with E-state index in [9.17, 15) is 0 Å². The van der Waals surface area contributed by atoms with Crippen LogP contribution in [0.3, 0.4) is 0 Å². The van der Waals surface area contributed by atoms with Gasteiger partial charge in [-0.05, 0) is 35.0 Å². The number of methoxy groups -OCH3 is 1. The van der Waals surface area contributed by atoms with E-state index in [4.69, 9.17) is 9.84 Å². The van der Waals surface area contributed by atoms with E-state index < -0.39 is 0 Å². The third-order valence-corrected chi connectivity index (χ3v) is 5.58. The van der Waals surface area contributed by atoms with Gasteiger partial charge in [-0.15, -0.1) is 25.5 Å². The summed E-state index contributed by atoms with van der Waals surface area (Å²) in [4.78, 5) is 0. The van der Waals surface area contributed by atoms with Crippen molar-refractivity contribution in [3.8, 4) is 17.1 Å². The predicted molar refractivity (Wildman–Crippen MR) is 127 cm³/mol. The molecule has 10 heteroatoms. The number of rotatable bonds is 6. The maximum atomic E-state index is 5.26. The summed E-state index contributed by atoms with van der Waals surface area (Å²) in [5.74, 6) is 2.78. The van der Waals surface area contributed by atoms with Gasteiger partial charge in [0.2, 0.25) is 5.82 Å². The monoisotopic (exact) mass is 449 g/mol. The molecule has 3 aromatic carbocycles. The Morgan fingerprint density at radius 1 is 0.912 bits per heavy atom. The fourth-order valence-electron chi connectivity index (χ4n) is 3.91. The maximum absolute atomic E-state index is 5.26. The Morgan fingerprint density at radius 3 is 2.56 bits per heavy atom. The number of tetrazole rings is 1. The van der Waals surface area contributed by atoms with Crippen molar-refractivity contribution < 1.29 is 4.74 Å². The minimum atomic E-state index is 0.525. The van der Waals surface area contributed by atoms with Crippen LogP contribution in [0.4, 0.5) is 11.5 Å². The van der Waals surface area contributed by atoms with E-state index in [-0.39, 0.29) is 0 Å². The van der Waals surface area contributed by atoms with Crippen LogP contribution in [-0.4, -0.2) is 47.5 Å². The lowest BCUT2D eigenvalue weighted by Crippen LogP contribution is -2.05. The van der Waals surface area contributed by atoms with Crippen molar-refractivity contribution in [3.63, 3.8) is 0 Å². The largest absolute Gasteiger partial charge is 0.497 e. The third-order valence-electron chi connectivity index (χ3n) is 5.58. The standard InChI is InChI=1S/C24H19N9O/c1-34-18-11-9-15(10-12-18)13-21-26-29-24-20-8-3-2-7-19(20)23(30-33(21)24)25-17-6-4-5-16(14-17)22-27-31-32-28-22/h2-12,14H,13H2,1H3,(H,25,30)(H,27,28,31,32). The number of benzene rings is 3. The van der Waals surface area contributed by atoms with E-state index in [2.05, 4.69) is 36.1 Å². The summed E-state index contributed by atoms with van der Waals surface area (Å²) in [7, 11) is 1.66. The number of aromatic amines is 1. The van der Waals surface area contributed by atoms with Crippen molar-refractivity contribution in [3.05, 3.63) is 84.2 Å².